The van der Waals surface area contributed by atoms with Gasteiger partial charge in [-0.05, 0) is 38.5 Å². The molecule has 0 bridgehead atoms. The third kappa shape index (κ3) is 3.05. The normalized spacial score (nSPS) is 25.4. The van der Waals surface area contributed by atoms with E-state index in [1.807, 2.05) is 11.8 Å². The number of piperidine rings is 1. The molecule has 1 unspecified atom stereocenters. The van der Waals surface area contributed by atoms with Crippen LogP contribution in [0.15, 0.2) is 12.2 Å². The highest BCUT2D eigenvalue weighted by molar-refractivity contribution is 5.80. The maximum Gasteiger partial charge on any atom is 0.309 e. The summed E-state index contributed by atoms with van der Waals surface area (Å²) in [5.41, 5.74) is -0.599. The highest BCUT2D eigenvalue weighted by atomic mass is 16.4. The van der Waals surface area contributed by atoms with Crippen LogP contribution < -0.4 is 0 Å². The van der Waals surface area contributed by atoms with Crippen molar-refractivity contribution in [1.82, 2.24) is 4.90 Å². The maximum absolute atomic E-state index is 12.4. The number of hydrogen-bond donors (Lipinski definition) is 1. The van der Waals surface area contributed by atoms with E-state index in [0.717, 1.165) is 32.1 Å². The number of carboxylic acids is 1. The van der Waals surface area contributed by atoms with Crippen LogP contribution in [0, 0.1) is 11.3 Å². The topological polar surface area (TPSA) is 57.6 Å². The van der Waals surface area contributed by atoms with Crippen molar-refractivity contribution in [1.29, 1.82) is 0 Å². The first-order valence-corrected chi connectivity index (χ1v) is 7.76. The molecule has 112 valence electrons. The zero-order valence-corrected chi connectivity index (χ0v) is 12.3. The van der Waals surface area contributed by atoms with E-state index >= 15 is 0 Å². The van der Waals surface area contributed by atoms with Crippen molar-refractivity contribution in [3.05, 3.63) is 12.2 Å². The first kappa shape index (κ1) is 15.1. The molecule has 4 heteroatoms. The standard InChI is InChI=1S/C16H25NO3/c1-2-8-16(15(19)20)9-11-17(12-10-16)14(18)13-6-4-3-5-7-13/h3-4,13H,2,5-12H2,1H3,(H,19,20). The monoisotopic (exact) mass is 279 g/mol. The van der Waals surface area contributed by atoms with Gasteiger partial charge in [0.1, 0.15) is 0 Å². The van der Waals surface area contributed by atoms with Crippen molar-refractivity contribution >= 4 is 11.9 Å². The summed E-state index contributed by atoms with van der Waals surface area (Å²) >= 11 is 0. The molecule has 0 aromatic heterocycles. The van der Waals surface area contributed by atoms with Crippen LogP contribution in [0.5, 0.6) is 0 Å². The number of nitrogens with zero attached hydrogens (tertiary/aromatic N) is 1. The van der Waals surface area contributed by atoms with Crippen LogP contribution in [0.25, 0.3) is 0 Å². The Morgan fingerprint density at radius 3 is 2.50 bits per heavy atom. The number of aliphatic carboxylic acids is 1. The Hall–Kier alpha value is -1.32. The molecule has 0 aromatic carbocycles. The highest BCUT2D eigenvalue weighted by Gasteiger charge is 2.42. The lowest BCUT2D eigenvalue weighted by molar-refractivity contribution is -0.155. The van der Waals surface area contributed by atoms with Gasteiger partial charge in [-0.3, -0.25) is 9.59 Å². The first-order valence-electron chi connectivity index (χ1n) is 7.76. The Morgan fingerprint density at radius 1 is 1.30 bits per heavy atom. The third-order valence-corrected chi connectivity index (χ3v) is 4.83. The average Bonchev–Trinajstić information content (AvgIpc) is 2.48. The number of likely N-dealkylation sites (tertiary alicyclic amines) is 1. The second-order valence-electron chi connectivity index (χ2n) is 6.14. The SMILES string of the molecule is CCCC1(C(=O)O)CCN(C(=O)C2CC=CCC2)CC1. The van der Waals surface area contributed by atoms with E-state index < -0.39 is 11.4 Å². The minimum atomic E-state index is -0.688. The summed E-state index contributed by atoms with van der Waals surface area (Å²) in [4.78, 5) is 25.9. The van der Waals surface area contributed by atoms with Crippen molar-refractivity contribution in [2.24, 2.45) is 11.3 Å². The molecular weight excluding hydrogens is 254 g/mol. The number of carbonyl (C=O) groups excluding carboxylic acids is 1. The lowest BCUT2D eigenvalue weighted by Crippen LogP contribution is -2.48. The maximum atomic E-state index is 12.4. The summed E-state index contributed by atoms with van der Waals surface area (Å²) in [5, 5.41) is 9.48. The van der Waals surface area contributed by atoms with Gasteiger partial charge in [0.25, 0.3) is 0 Å². The van der Waals surface area contributed by atoms with Crippen LogP contribution in [-0.4, -0.2) is 35.0 Å². The molecule has 1 heterocycles. The molecule has 0 aromatic rings. The Labute approximate surface area is 120 Å². The van der Waals surface area contributed by atoms with Gasteiger partial charge in [0.05, 0.1) is 5.41 Å². The zero-order valence-electron chi connectivity index (χ0n) is 12.3. The predicted molar refractivity (Wildman–Crippen MR) is 77.3 cm³/mol. The summed E-state index contributed by atoms with van der Waals surface area (Å²) in [6.45, 7) is 3.23. The Kier molecular flexibility index (Phi) is 4.84. The van der Waals surface area contributed by atoms with Gasteiger partial charge < -0.3 is 10.0 Å². The first-order chi connectivity index (χ1) is 9.59. The largest absolute Gasteiger partial charge is 0.481 e. The Bertz CT molecular complexity index is 395. The van der Waals surface area contributed by atoms with Gasteiger partial charge in [-0.2, -0.15) is 0 Å². The molecule has 1 N–H and O–H groups in total. The molecule has 20 heavy (non-hydrogen) atoms. The number of rotatable bonds is 4. The summed E-state index contributed by atoms with van der Waals surface area (Å²) in [6.07, 6.45) is 9.79. The molecule has 0 spiro atoms. The summed E-state index contributed by atoms with van der Waals surface area (Å²) in [6, 6.07) is 0. The third-order valence-electron chi connectivity index (χ3n) is 4.83. The van der Waals surface area contributed by atoms with Crippen LogP contribution in [-0.2, 0) is 9.59 Å². The average molecular weight is 279 g/mol. The molecule has 2 aliphatic rings. The fourth-order valence-electron chi connectivity index (χ4n) is 3.48. The molecule has 2 rings (SSSR count). The second-order valence-corrected chi connectivity index (χ2v) is 6.14. The van der Waals surface area contributed by atoms with Gasteiger partial charge in [-0.25, -0.2) is 0 Å². The van der Waals surface area contributed by atoms with Gasteiger partial charge in [-0.15, -0.1) is 0 Å². The van der Waals surface area contributed by atoms with Gasteiger partial charge in [0.15, 0.2) is 0 Å². The van der Waals surface area contributed by atoms with Crippen molar-refractivity contribution in [3.8, 4) is 0 Å². The molecular formula is C16H25NO3. The number of carboxylic acid groups (broad SMARTS) is 1. The van der Waals surface area contributed by atoms with Crippen LogP contribution in [0.4, 0.5) is 0 Å². The lowest BCUT2D eigenvalue weighted by Gasteiger charge is -2.40. The fourth-order valence-corrected chi connectivity index (χ4v) is 3.48. The predicted octanol–water partition coefficient (Wildman–Crippen LogP) is 2.84. The molecule has 1 amide bonds. The van der Waals surface area contributed by atoms with E-state index in [9.17, 15) is 14.7 Å². The van der Waals surface area contributed by atoms with Crippen LogP contribution >= 0.6 is 0 Å². The number of allylic oxidation sites excluding steroid dienone is 2. The summed E-state index contributed by atoms with van der Waals surface area (Å²) < 4.78 is 0. The highest BCUT2D eigenvalue weighted by Crippen LogP contribution is 2.37. The van der Waals surface area contributed by atoms with E-state index in [1.54, 1.807) is 0 Å². The zero-order chi connectivity index (χ0) is 14.6. The second kappa shape index (κ2) is 6.42. The van der Waals surface area contributed by atoms with Crippen molar-refractivity contribution < 1.29 is 14.7 Å². The van der Waals surface area contributed by atoms with Crippen molar-refractivity contribution in [2.45, 2.75) is 51.9 Å². The van der Waals surface area contributed by atoms with E-state index in [4.69, 9.17) is 0 Å². The summed E-state index contributed by atoms with van der Waals surface area (Å²) in [5.74, 6) is -0.347. The van der Waals surface area contributed by atoms with Crippen molar-refractivity contribution in [3.63, 3.8) is 0 Å². The van der Waals surface area contributed by atoms with Crippen LogP contribution in [0.3, 0.4) is 0 Å². The van der Waals surface area contributed by atoms with Gasteiger partial charge in [0.2, 0.25) is 5.91 Å². The summed E-state index contributed by atoms with van der Waals surface area (Å²) in [7, 11) is 0. The van der Waals surface area contributed by atoms with Gasteiger partial charge in [-0.1, -0.05) is 25.5 Å². The van der Waals surface area contributed by atoms with E-state index in [1.165, 1.54) is 0 Å². The Morgan fingerprint density at radius 2 is 2.00 bits per heavy atom. The molecule has 0 saturated carbocycles. The molecule has 0 radical (unpaired) electrons. The van der Waals surface area contributed by atoms with E-state index in [-0.39, 0.29) is 11.8 Å². The molecule has 1 atom stereocenters. The smallest absolute Gasteiger partial charge is 0.309 e. The van der Waals surface area contributed by atoms with E-state index in [2.05, 4.69) is 12.2 Å². The van der Waals surface area contributed by atoms with Crippen molar-refractivity contribution in [2.75, 3.05) is 13.1 Å². The minimum Gasteiger partial charge on any atom is -0.481 e. The fraction of sp³-hybridized carbons (Fsp3) is 0.750. The van der Waals surface area contributed by atoms with E-state index in [0.29, 0.717) is 25.9 Å². The quantitative estimate of drug-likeness (QED) is 0.805. The van der Waals surface area contributed by atoms with Gasteiger partial charge in [0, 0.05) is 19.0 Å². The van der Waals surface area contributed by atoms with Crippen LogP contribution in [0.1, 0.15) is 51.9 Å². The van der Waals surface area contributed by atoms with Gasteiger partial charge >= 0.3 is 5.97 Å². The molecule has 1 aliphatic carbocycles. The minimum absolute atomic E-state index is 0.114. The molecule has 1 fully saturated rings. The number of hydrogen-bond acceptors (Lipinski definition) is 2. The lowest BCUT2D eigenvalue weighted by atomic mass is 9.74. The number of amides is 1. The van der Waals surface area contributed by atoms with Crippen LogP contribution in [0.2, 0.25) is 0 Å². The molecule has 4 nitrogen and oxygen atoms in total. The molecule has 1 aliphatic heterocycles. The number of carbonyl (C=O) groups is 2. The Balaban J connectivity index is 1.94. The molecule has 1 saturated heterocycles.